The molecule has 3 rings (SSSR count). The Labute approximate surface area is 131 Å². The van der Waals surface area contributed by atoms with Crippen molar-refractivity contribution >= 4 is 28.3 Å². The van der Waals surface area contributed by atoms with E-state index in [1.165, 1.54) is 10.6 Å². The van der Waals surface area contributed by atoms with Gasteiger partial charge in [0.05, 0.1) is 10.5 Å². The van der Waals surface area contributed by atoms with E-state index in [4.69, 9.17) is 11.6 Å². The van der Waals surface area contributed by atoms with Crippen molar-refractivity contribution in [1.29, 1.82) is 0 Å². The zero-order chi connectivity index (χ0) is 15.9. The van der Waals surface area contributed by atoms with E-state index < -0.39 is 11.3 Å². The third kappa shape index (κ3) is 2.09. The number of nitrogens with zero attached hydrogens (tertiary/aromatic N) is 1. The van der Waals surface area contributed by atoms with E-state index in [0.29, 0.717) is 10.9 Å². The molecule has 0 aliphatic rings. The highest BCUT2D eigenvalue weighted by Gasteiger charge is 2.23. The summed E-state index contributed by atoms with van der Waals surface area (Å²) >= 11 is 6.02. The van der Waals surface area contributed by atoms with Crippen LogP contribution in [0.3, 0.4) is 0 Å². The molecular weight excluding hydrogens is 302 g/mol. The molecule has 3 aromatic rings. The van der Waals surface area contributed by atoms with Gasteiger partial charge in [0.2, 0.25) is 5.78 Å². The van der Waals surface area contributed by atoms with E-state index in [9.17, 15) is 14.7 Å². The largest absolute Gasteiger partial charge is 0.506 e. The van der Waals surface area contributed by atoms with Crippen LogP contribution in [0.1, 0.15) is 15.9 Å². The highest BCUT2D eigenvalue weighted by Crippen LogP contribution is 2.28. The first-order valence-corrected chi connectivity index (χ1v) is 7.00. The van der Waals surface area contributed by atoms with E-state index >= 15 is 0 Å². The smallest absolute Gasteiger partial charge is 0.265 e. The summed E-state index contributed by atoms with van der Waals surface area (Å²) in [5, 5.41) is 11.1. The van der Waals surface area contributed by atoms with Gasteiger partial charge in [-0.25, -0.2) is 0 Å². The Hall–Kier alpha value is -2.59. The maximum Gasteiger partial charge on any atom is 0.265 e. The van der Waals surface area contributed by atoms with Crippen molar-refractivity contribution in [3.8, 4) is 5.75 Å². The molecule has 0 fully saturated rings. The average Bonchev–Trinajstić information content (AvgIpc) is 2.53. The minimum Gasteiger partial charge on any atom is -0.506 e. The molecule has 0 saturated carbocycles. The first kappa shape index (κ1) is 14.4. The van der Waals surface area contributed by atoms with Crippen LogP contribution in [0.25, 0.3) is 10.9 Å². The summed E-state index contributed by atoms with van der Waals surface area (Å²) in [5.41, 5.74) is -0.0806. The van der Waals surface area contributed by atoms with Crippen molar-refractivity contribution in [3.63, 3.8) is 0 Å². The molecule has 0 aliphatic carbocycles. The lowest BCUT2D eigenvalue weighted by Crippen LogP contribution is -2.25. The number of carbonyl (C=O) groups is 1. The number of aromatic hydroxyl groups is 1. The van der Waals surface area contributed by atoms with Gasteiger partial charge in [0.15, 0.2) is 0 Å². The number of aryl methyl sites for hydroxylation is 1. The van der Waals surface area contributed by atoms with Crippen molar-refractivity contribution in [2.75, 3.05) is 0 Å². The molecule has 0 bridgehead atoms. The normalized spacial score (nSPS) is 10.8. The molecule has 1 heterocycles. The van der Waals surface area contributed by atoms with Crippen LogP contribution in [0.2, 0.25) is 5.02 Å². The van der Waals surface area contributed by atoms with Crippen molar-refractivity contribution in [2.45, 2.75) is 0 Å². The molecule has 2 aromatic carbocycles. The number of aromatic nitrogens is 1. The monoisotopic (exact) mass is 313 g/mol. The number of fused-ring (bicyclic) bond motifs is 1. The molecule has 22 heavy (non-hydrogen) atoms. The van der Waals surface area contributed by atoms with Gasteiger partial charge in [0, 0.05) is 18.0 Å². The Balaban J connectivity index is 2.35. The lowest BCUT2D eigenvalue weighted by Gasteiger charge is -2.11. The first-order chi connectivity index (χ1) is 10.5. The lowest BCUT2D eigenvalue weighted by atomic mass is 10.0. The maximum atomic E-state index is 12.6. The summed E-state index contributed by atoms with van der Waals surface area (Å²) in [6.07, 6.45) is 0. The van der Waals surface area contributed by atoms with Gasteiger partial charge in [0.1, 0.15) is 11.3 Å². The van der Waals surface area contributed by atoms with E-state index in [0.717, 1.165) is 0 Å². The Morgan fingerprint density at radius 2 is 1.73 bits per heavy atom. The van der Waals surface area contributed by atoms with Crippen LogP contribution in [-0.2, 0) is 7.05 Å². The standard InChI is InChI=1S/C17H12ClNO3/c1-19-13-9-5-3-7-11(13)16(21)14(17(19)22)15(20)10-6-2-4-8-12(10)18/h2-9,21H,1H3. The van der Waals surface area contributed by atoms with E-state index in [1.807, 2.05) is 0 Å². The second-order valence-electron chi connectivity index (χ2n) is 4.91. The number of carbonyl (C=O) groups excluding carboxylic acids is 1. The minimum absolute atomic E-state index is 0.187. The summed E-state index contributed by atoms with van der Waals surface area (Å²) in [4.78, 5) is 25.1. The Kier molecular flexibility index (Phi) is 3.47. The zero-order valence-corrected chi connectivity index (χ0v) is 12.5. The number of pyridine rings is 1. The first-order valence-electron chi connectivity index (χ1n) is 6.62. The molecule has 1 N–H and O–H groups in total. The van der Waals surface area contributed by atoms with Gasteiger partial charge in [-0.15, -0.1) is 0 Å². The number of hydrogen-bond donors (Lipinski definition) is 1. The SMILES string of the molecule is Cn1c(=O)c(C(=O)c2ccccc2Cl)c(O)c2ccccc21. The summed E-state index contributed by atoms with van der Waals surface area (Å²) in [5.74, 6) is -0.905. The Morgan fingerprint density at radius 1 is 1.09 bits per heavy atom. The Bertz CT molecular complexity index is 960. The summed E-state index contributed by atoms with van der Waals surface area (Å²) in [6, 6.07) is 13.3. The fraction of sp³-hybridized carbons (Fsp3) is 0.0588. The fourth-order valence-electron chi connectivity index (χ4n) is 2.46. The van der Waals surface area contributed by atoms with Crippen LogP contribution in [0.5, 0.6) is 5.75 Å². The molecule has 0 unspecified atom stereocenters. The van der Waals surface area contributed by atoms with Crippen LogP contribution < -0.4 is 5.56 Å². The number of benzene rings is 2. The molecule has 0 amide bonds. The number of hydrogen-bond acceptors (Lipinski definition) is 3. The van der Waals surface area contributed by atoms with Gasteiger partial charge >= 0.3 is 0 Å². The number of ketones is 1. The summed E-state index contributed by atoms with van der Waals surface area (Å²) in [6.45, 7) is 0. The molecular formula is C17H12ClNO3. The second kappa shape index (κ2) is 5.31. The number of halogens is 1. The van der Waals surface area contributed by atoms with Gasteiger partial charge in [-0.3, -0.25) is 9.59 Å². The number of para-hydroxylation sites is 1. The zero-order valence-electron chi connectivity index (χ0n) is 11.7. The predicted octanol–water partition coefficient (Wildman–Crippen LogP) is 3.13. The van der Waals surface area contributed by atoms with Gasteiger partial charge < -0.3 is 9.67 Å². The van der Waals surface area contributed by atoms with Gasteiger partial charge in [-0.1, -0.05) is 35.9 Å². The minimum atomic E-state index is -0.588. The molecule has 5 heteroatoms. The third-order valence-electron chi connectivity index (χ3n) is 3.62. The lowest BCUT2D eigenvalue weighted by molar-refractivity contribution is 0.103. The Morgan fingerprint density at radius 3 is 2.45 bits per heavy atom. The predicted molar refractivity (Wildman–Crippen MR) is 85.7 cm³/mol. The molecule has 0 atom stereocenters. The topological polar surface area (TPSA) is 59.3 Å². The quantitative estimate of drug-likeness (QED) is 0.739. The molecule has 0 radical (unpaired) electrons. The second-order valence-corrected chi connectivity index (χ2v) is 5.32. The fourth-order valence-corrected chi connectivity index (χ4v) is 2.69. The van der Waals surface area contributed by atoms with Crippen molar-refractivity contribution in [3.05, 3.63) is 75.0 Å². The van der Waals surface area contributed by atoms with Crippen molar-refractivity contribution < 1.29 is 9.90 Å². The molecule has 1 aromatic heterocycles. The van der Waals surface area contributed by atoms with Crippen LogP contribution in [0.15, 0.2) is 53.3 Å². The van der Waals surface area contributed by atoms with Crippen LogP contribution >= 0.6 is 11.6 Å². The summed E-state index contributed by atoms with van der Waals surface area (Å²) in [7, 11) is 1.56. The highest BCUT2D eigenvalue weighted by molar-refractivity contribution is 6.35. The molecule has 4 nitrogen and oxygen atoms in total. The van der Waals surface area contributed by atoms with Crippen LogP contribution in [-0.4, -0.2) is 15.5 Å². The molecule has 0 spiro atoms. The third-order valence-corrected chi connectivity index (χ3v) is 3.95. The molecule has 110 valence electrons. The highest BCUT2D eigenvalue weighted by atomic mass is 35.5. The van der Waals surface area contributed by atoms with E-state index in [1.54, 1.807) is 49.5 Å². The maximum absolute atomic E-state index is 12.6. The number of rotatable bonds is 2. The van der Waals surface area contributed by atoms with Crippen LogP contribution in [0, 0.1) is 0 Å². The van der Waals surface area contributed by atoms with E-state index in [-0.39, 0.29) is 21.9 Å². The molecule has 0 saturated heterocycles. The van der Waals surface area contributed by atoms with Gasteiger partial charge in [-0.05, 0) is 24.3 Å². The molecule has 0 aliphatic heterocycles. The van der Waals surface area contributed by atoms with Crippen LogP contribution in [0.4, 0.5) is 0 Å². The van der Waals surface area contributed by atoms with Crippen molar-refractivity contribution in [1.82, 2.24) is 4.57 Å². The van der Waals surface area contributed by atoms with E-state index in [2.05, 4.69) is 0 Å². The van der Waals surface area contributed by atoms with Crippen molar-refractivity contribution in [2.24, 2.45) is 7.05 Å². The van der Waals surface area contributed by atoms with Gasteiger partial charge in [0.25, 0.3) is 5.56 Å². The summed E-state index contributed by atoms with van der Waals surface area (Å²) < 4.78 is 1.35. The average molecular weight is 314 g/mol. The van der Waals surface area contributed by atoms with Gasteiger partial charge in [-0.2, -0.15) is 0 Å².